The van der Waals surface area contributed by atoms with Crippen molar-refractivity contribution in [3.63, 3.8) is 0 Å². The largest absolute Gasteiger partial charge is 0.381 e. The summed E-state index contributed by atoms with van der Waals surface area (Å²) in [7, 11) is 2.26. The summed E-state index contributed by atoms with van der Waals surface area (Å²) in [5.41, 5.74) is 5.85. The lowest BCUT2D eigenvalue weighted by atomic mass is 9.95. The van der Waals surface area contributed by atoms with Crippen molar-refractivity contribution in [2.24, 2.45) is 23.5 Å². The molecule has 2 N–H and O–H groups in total. The fourth-order valence-corrected chi connectivity index (χ4v) is 3.53. The average Bonchev–Trinajstić information content (AvgIpc) is 2.77. The van der Waals surface area contributed by atoms with Crippen LogP contribution in [0.4, 0.5) is 0 Å². The van der Waals surface area contributed by atoms with Crippen LogP contribution in [0, 0.1) is 17.8 Å². The van der Waals surface area contributed by atoms with Crippen LogP contribution >= 0.6 is 0 Å². The SMILES string of the molecule is CN(CC1CCCOC1)CC1CCCC1CN. The minimum absolute atomic E-state index is 0.756. The van der Waals surface area contributed by atoms with Gasteiger partial charge in [-0.25, -0.2) is 0 Å². The lowest BCUT2D eigenvalue weighted by molar-refractivity contribution is 0.0394. The van der Waals surface area contributed by atoms with E-state index in [9.17, 15) is 0 Å². The number of hydrogen-bond donors (Lipinski definition) is 1. The van der Waals surface area contributed by atoms with Crippen molar-refractivity contribution >= 4 is 0 Å². The van der Waals surface area contributed by atoms with Crippen molar-refractivity contribution < 1.29 is 4.74 Å². The summed E-state index contributed by atoms with van der Waals surface area (Å²) in [5.74, 6) is 2.38. The second-order valence-electron chi connectivity index (χ2n) is 5.99. The van der Waals surface area contributed by atoms with E-state index < -0.39 is 0 Å². The third-order valence-corrected chi connectivity index (χ3v) is 4.49. The first-order valence-electron chi connectivity index (χ1n) is 7.26. The summed E-state index contributed by atoms with van der Waals surface area (Å²) in [6, 6.07) is 0. The van der Waals surface area contributed by atoms with Crippen molar-refractivity contribution in [3.05, 3.63) is 0 Å². The minimum Gasteiger partial charge on any atom is -0.381 e. The molecule has 3 heteroatoms. The first-order valence-corrected chi connectivity index (χ1v) is 7.26. The molecular formula is C14H28N2O. The zero-order valence-corrected chi connectivity index (χ0v) is 11.2. The van der Waals surface area contributed by atoms with E-state index in [0.717, 1.165) is 37.5 Å². The highest BCUT2D eigenvalue weighted by molar-refractivity contribution is 4.80. The predicted octanol–water partition coefficient (Wildman–Crippen LogP) is 1.72. The van der Waals surface area contributed by atoms with Crippen LogP contribution in [0.25, 0.3) is 0 Å². The van der Waals surface area contributed by atoms with Crippen molar-refractivity contribution in [2.75, 3.05) is 39.9 Å². The van der Waals surface area contributed by atoms with Crippen LogP contribution in [-0.4, -0.2) is 44.8 Å². The maximum atomic E-state index is 5.85. The third-order valence-electron chi connectivity index (χ3n) is 4.49. The molecule has 2 rings (SSSR count). The Balaban J connectivity index is 1.70. The Morgan fingerprint density at radius 3 is 2.65 bits per heavy atom. The fraction of sp³-hybridized carbons (Fsp3) is 1.00. The van der Waals surface area contributed by atoms with Crippen molar-refractivity contribution in [1.82, 2.24) is 4.90 Å². The van der Waals surface area contributed by atoms with Crippen molar-refractivity contribution in [3.8, 4) is 0 Å². The van der Waals surface area contributed by atoms with Gasteiger partial charge in [-0.05, 0) is 57.0 Å². The van der Waals surface area contributed by atoms with Crippen LogP contribution < -0.4 is 5.73 Å². The Hall–Kier alpha value is -0.120. The quantitative estimate of drug-likeness (QED) is 0.795. The molecule has 3 nitrogen and oxygen atoms in total. The predicted molar refractivity (Wildman–Crippen MR) is 70.9 cm³/mol. The lowest BCUT2D eigenvalue weighted by Crippen LogP contribution is -2.35. The summed E-state index contributed by atoms with van der Waals surface area (Å²) in [6.45, 7) is 5.25. The van der Waals surface area contributed by atoms with Gasteiger partial charge in [-0.1, -0.05) is 6.42 Å². The molecule has 0 radical (unpaired) electrons. The highest BCUT2D eigenvalue weighted by Crippen LogP contribution is 2.31. The lowest BCUT2D eigenvalue weighted by Gasteiger charge is -2.30. The summed E-state index contributed by atoms with van der Waals surface area (Å²) in [6.07, 6.45) is 6.70. The highest BCUT2D eigenvalue weighted by Gasteiger charge is 2.27. The minimum atomic E-state index is 0.756. The first kappa shape index (κ1) is 13.3. The molecule has 17 heavy (non-hydrogen) atoms. The van der Waals surface area contributed by atoms with Gasteiger partial charge in [-0.3, -0.25) is 0 Å². The van der Waals surface area contributed by atoms with E-state index in [1.165, 1.54) is 45.2 Å². The van der Waals surface area contributed by atoms with E-state index in [-0.39, 0.29) is 0 Å². The third kappa shape index (κ3) is 3.94. The van der Waals surface area contributed by atoms with Gasteiger partial charge in [0.15, 0.2) is 0 Å². The maximum Gasteiger partial charge on any atom is 0.0506 e. The van der Waals surface area contributed by atoms with Gasteiger partial charge in [0.05, 0.1) is 6.61 Å². The molecule has 1 heterocycles. The Morgan fingerprint density at radius 1 is 1.12 bits per heavy atom. The van der Waals surface area contributed by atoms with E-state index in [1.54, 1.807) is 0 Å². The van der Waals surface area contributed by atoms with E-state index >= 15 is 0 Å². The van der Waals surface area contributed by atoms with E-state index in [0.29, 0.717) is 0 Å². The summed E-state index contributed by atoms with van der Waals surface area (Å²) >= 11 is 0. The van der Waals surface area contributed by atoms with Gasteiger partial charge < -0.3 is 15.4 Å². The van der Waals surface area contributed by atoms with Gasteiger partial charge in [0.25, 0.3) is 0 Å². The molecule has 3 unspecified atom stereocenters. The molecule has 0 aromatic carbocycles. The number of ether oxygens (including phenoxy) is 1. The van der Waals surface area contributed by atoms with Crippen molar-refractivity contribution in [2.45, 2.75) is 32.1 Å². The fourth-order valence-electron chi connectivity index (χ4n) is 3.53. The Kier molecular flexibility index (Phi) is 5.26. The molecule has 100 valence electrons. The van der Waals surface area contributed by atoms with E-state index in [2.05, 4.69) is 11.9 Å². The molecule has 1 saturated carbocycles. The first-order chi connectivity index (χ1) is 8.29. The topological polar surface area (TPSA) is 38.5 Å². The molecule has 0 amide bonds. The maximum absolute atomic E-state index is 5.85. The van der Waals surface area contributed by atoms with Crippen LogP contribution in [0.1, 0.15) is 32.1 Å². The normalized spacial score (nSPS) is 34.4. The Labute approximate surface area is 106 Å². The molecule has 0 spiro atoms. The molecular weight excluding hydrogens is 212 g/mol. The summed E-state index contributed by atoms with van der Waals surface area (Å²) in [5, 5.41) is 0. The summed E-state index contributed by atoms with van der Waals surface area (Å²) < 4.78 is 5.55. The number of nitrogens with two attached hydrogens (primary N) is 1. The number of nitrogens with zero attached hydrogens (tertiary/aromatic N) is 1. The van der Waals surface area contributed by atoms with Crippen LogP contribution in [-0.2, 0) is 4.74 Å². The molecule has 2 aliphatic rings. The van der Waals surface area contributed by atoms with Gasteiger partial charge in [0, 0.05) is 19.7 Å². The molecule has 1 saturated heterocycles. The highest BCUT2D eigenvalue weighted by atomic mass is 16.5. The zero-order valence-electron chi connectivity index (χ0n) is 11.2. The van der Waals surface area contributed by atoms with Gasteiger partial charge in [0.1, 0.15) is 0 Å². The Morgan fingerprint density at radius 2 is 1.94 bits per heavy atom. The van der Waals surface area contributed by atoms with Gasteiger partial charge in [0.2, 0.25) is 0 Å². The van der Waals surface area contributed by atoms with Crippen LogP contribution in [0.15, 0.2) is 0 Å². The second-order valence-corrected chi connectivity index (χ2v) is 5.99. The molecule has 2 fully saturated rings. The molecule has 1 aliphatic heterocycles. The zero-order chi connectivity index (χ0) is 12.1. The van der Waals surface area contributed by atoms with Crippen LogP contribution in [0.5, 0.6) is 0 Å². The molecule has 1 aliphatic carbocycles. The standard InChI is InChI=1S/C14H28N2O/c1-16(9-12-4-3-7-17-11-12)10-14-6-2-5-13(14)8-15/h12-14H,2-11,15H2,1H3. The monoisotopic (exact) mass is 240 g/mol. The van der Waals surface area contributed by atoms with Gasteiger partial charge in [-0.2, -0.15) is 0 Å². The number of rotatable bonds is 5. The average molecular weight is 240 g/mol. The van der Waals surface area contributed by atoms with Crippen LogP contribution in [0.2, 0.25) is 0 Å². The molecule has 3 atom stereocenters. The van der Waals surface area contributed by atoms with E-state index in [1.807, 2.05) is 0 Å². The van der Waals surface area contributed by atoms with Crippen molar-refractivity contribution in [1.29, 1.82) is 0 Å². The van der Waals surface area contributed by atoms with E-state index in [4.69, 9.17) is 10.5 Å². The smallest absolute Gasteiger partial charge is 0.0506 e. The molecule has 0 aromatic rings. The molecule has 0 aromatic heterocycles. The second kappa shape index (κ2) is 6.72. The van der Waals surface area contributed by atoms with Gasteiger partial charge >= 0.3 is 0 Å². The summed E-state index contributed by atoms with van der Waals surface area (Å²) in [4.78, 5) is 2.51. The van der Waals surface area contributed by atoms with Gasteiger partial charge in [-0.15, -0.1) is 0 Å². The number of hydrogen-bond acceptors (Lipinski definition) is 3. The molecule has 0 bridgehead atoms. The van der Waals surface area contributed by atoms with Crippen LogP contribution in [0.3, 0.4) is 0 Å². The Bertz CT molecular complexity index is 216.